The van der Waals surface area contributed by atoms with E-state index in [4.69, 9.17) is 14.2 Å². The number of hydrogen-bond acceptors (Lipinski definition) is 4. The van der Waals surface area contributed by atoms with E-state index in [0.29, 0.717) is 6.61 Å². The van der Waals surface area contributed by atoms with Gasteiger partial charge in [0.2, 0.25) is 12.7 Å². The Hall–Kier alpha value is -1.75. The molecule has 0 unspecified atom stereocenters. The van der Waals surface area contributed by atoms with Gasteiger partial charge >= 0.3 is 0 Å². The van der Waals surface area contributed by atoms with Gasteiger partial charge in [-0.25, -0.2) is 0 Å². The Morgan fingerprint density at radius 2 is 2.21 bits per heavy atom. The molecule has 0 saturated carbocycles. The van der Waals surface area contributed by atoms with Crippen LogP contribution in [0.15, 0.2) is 18.2 Å². The molecule has 1 saturated heterocycles. The van der Waals surface area contributed by atoms with Gasteiger partial charge in [0.25, 0.3) is 0 Å². The molecule has 5 nitrogen and oxygen atoms in total. The Morgan fingerprint density at radius 3 is 3.00 bits per heavy atom. The highest BCUT2D eigenvalue weighted by Gasteiger charge is 2.25. The third-order valence-electron chi connectivity index (χ3n) is 3.48. The van der Waals surface area contributed by atoms with Crippen LogP contribution in [0, 0.1) is 0 Å². The first-order valence-electron chi connectivity index (χ1n) is 6.55. The van der Waals surface area contributed by atoms with Crippen LogP contribution in [0.3, 0.4) is 0 Å². The number of benzene rings is 1. The summed E-state index contributed by atoms with van der Waals surface area (Å²) in [7, 11) is 0. The zero-order valence-electron chi connectivity index (χ0n) is 10.8. The van der Waals surface area contributed by atoms with Gasteiger partial charge in [-0.05, 0) is 37.5 Å². The van der Waals surface area contributed by atoms with E-state index in [-0.39, 0.29) is 24.8 Å². The Morgan fingerprint density at radius 1 is 1.37 bits per heavy atom. The molecular formula is C14H17NO4. The molecule has 1 N–H and O–H groups in total. The molecule has 19 heavy (non-hydrogen) atoms. The van der Waals surface area contributed by atoms with Crippen molar-refractivity contribution in [3.8, 4) is 11.5 Å². The van der Waals surface area contributed by atoms with Gasteiger partial charge in [-0.15, -0.1) is 0 Å². The molecule has 0 spiro atoms. The summed E-state index contributed by atoms with van der Waals surface area (Å²) >= 11 is 0. The van der Waals surface area contributed by atoms with Crippen molar-refractivity contribution in [3.05, 3.63) is 23.8 Å². The van der Waals surface area contributed by atoms with Crippen molar-refractivity contribution in [2.75, 3.05) is 13.4 Å². The molecule has 1 aromatic carbocycles. The minimum absolute atomic E-state index is 0.0392. The molecule has 0 radical (unpaired) electrons. The summed E-state index contributed by atoms with van der Waals surface area (Å²) < 4.78 is 16.0. The SMILES string of the molecule is C[C@H](NC(=O)[C@H]1CCCO1)c1ccc2c(c1)OCO2. The molecule has 3 rings (SSSR count). The van der Waals surface area contributed by atoms with Crippen LogP contribution in [-0.4, -0.2) is 25.4 Å². The highest BCUT2D eigenvalue weighted by Crippen LogP contribution is 2.34. The fourth-order valence-corrected chi connectivity index (χ4v) is 2.36. The van der Waals surface area contributed by atoms with Crippen molar-refractivity contribution >= 4 is 5.91 Å². The predicted molar refractivity (Wildman–Crippen MR) is 68.1 cm³/mol. The predicted octanol–water partition coefficient (Wildman–Crippen LogP) is 1.77. The molecule has 1 aromatic rings. The molecule has 2 atom stereocenters. The van der Waals surface area contributed by atoms with Gasteiger partial charge in [-0.2, -0.15) is 0 Å². The van der Waals surface area contributed by atoms with Gasteiger partial charge in [0.05, 0.1) is 6.04 Å². The van der Waals surface area contributed by atoms with Crippen LogP contribution in [0.1, 0.15) is 31.4 Å². The van der Waals surface area contributed by atoms with E-state index < -0.39 is 0 Å². The minimum atomic E-state index is -0.295. The molecule has 2 aliphatic rings. The highest BCUT2D eigenvalue weighted by atomic mass is 16.7. The lowest BCUT2D eigenvalue weighted by Crippen LogP contribution is -2.35. The Balaban J connectivity index is 1.66. The average Bonchev–Trinajstić information content (AvgIpc) is 3.09. The van der Waals surface area contributed by atoms with E-state index in [1.54, 1.807) is 0 Å². The zero-order valence-corrected chi connectivity index (χ0v) is 10.8. The molecule has 102 valence electrons. The number of fused-ring (bicyclic) bond motifs is 1. The molecule has 1 amide bonds. The minimum Gasteiger partial charge on any atom is -0.454 e. The lowest BCUT2D eigenvalue weighted by Gasteiger charge is -2.17. The van der Waals surface area contributed by atoms with Crippen LogP contribution in [0.5, 0.6) is 11.5 Å². The quantitative estimate of drug-likeness (QED) is 0.903. The van der Waals surface area contributed by atoms with Gasteiger partial charge in [0.1, 0.15) is 6.10 Å². The van der Waals surface area contributed by atoms with Crippen LogP contribution < -0.4 is 14.8 Å². The van der Waals surface area contributed by atoms with Gasteiger partial charge < -0.3 is 19.5 Å². The molecule has 5 heteroatoms. The fraction of sp³-hybridized carbons (Fsp3) is 0.500. The summed E-state index contributed by atoms with van der Waals surface area (Å²) in [6.07, 6.45) is 1.47. The second-order valence-corrected chi connectivity index (χ2v) is 4.84. The van der Waals surface area contributed by atoms with E-state index in [0.717, 1.165) is 29.9 Å². The molecule has 0 aliphatic carbocycles. The summed E-state index contributed by atoms with van der Waals surface area (Å²) in [4.78, 5) is 12.0. The van der Waals surface area contributed by atoms with Crippen LogP contribution >= 0.6 is 0 Å². The number of carbonyl (C=O) groups excluding carboxylic acids is 1. The molecular weight excluding hydrogens is 246 g/mol. The van der Waals surface area contributed by atoms with Crippen molar-refractivity contribution in [1.29, 1.82) is 0 Å². The first kappa shape index (κ1) is 12.3. The number of hydrogen-bond donors (Lipinski definition) is 1. The summed E-state index contributed by atoms with van der Waals surface area (Å²) in [6, 6.07) is 5.63. The maximum Gasteiger partial charge on any atom is 0.249 e. The Bertz CT molecular complexity index is 482. The summed E-state index contributed by atoms with van der Waals surface area (Å²) in [6.45, 7) is 2.89. The number of ether oxygens (including phenoxy) is 3. The summed E-state index contributed by atoms with van der Waals surface area (Å²) in [5.74, 6) is 1.44. The fourth-order valence-electron chi connectivity index (χ4n) is 2.36. The Kier molecular flexibility index (Phi) is 3.29. The van der Waals surface area contributed by atoms with Crippen LogP contribution in [0.4, 0.5) is 0 Å². The van der Waals surface area contributed by atoms with E-state index in [1.807, 2.05) is 25.1 Å². The van der Waals surface area contributed by atoms with Crippen molar-refractivity contribution in [1.82, 2.24) is 5.32 Å². The van der Waals surface area contributed by atoms with Gasteiger partial charge in [-0.3, -0.25) is 4.79 Å². The van der Waals surface area contributed by atoms with Crippen molar-refractivity contribution in [3.63, 3.8) is 0 Å². The second kappa shape index (κ2) is 5.09. The maximum atomic E-state index is 12.0. The molecule has 2 heterocycles. The van der Waals surface area contributed by atoms with E-state index >= 15 is 0 Å². The third kappa shape index (κ3) is 2.51. The highest BCUT2D eigenvalue weighted by molar-refractivity contribution is 5.81. The summed E-state index contributed by atoms with van der Waals surface area (Å²) in [5.41, 5.74) is 0.996. The largest absolute Gasteiger partial charge is 0.454 e. The molecule has 0 bridgehead atoms. The third-order valence-corrected chi connectivity index (χ3v) is 3.48. The number of nitrogens with one attached hydrogen (secondary N) is 1. The van der Waals surface area contributed by atoms with E-state index in [1.165, 1.54) is 0 Å². The average molecular weight is 263 g/mol. The Labute approximate surface area is 111 Å². The lowest BCUT2D eigenvalue weighted by molar-refractivity contribution is -0.130. The number of rotatable bonds is 3. The maximum absolute atomic E-state index is 12.0. The number of carbonyl (C=O) groups is 1. The molecule has 2 aliphatic heterocycles. The molecule has 1 fully saturated rings. The normalized spacial score (nSPS) is 22.3. The molecule has 0 aromatic heterocycles. The lowest BCUT2D eigenvalue weighted by atomic mass is 10.1. The van der Waals surface area contributed by atoms with Crippen molar-refractivity contribution < 1.29 is 19.0 Å². The van der Waals surface area contributed by atoms with E-state index in [9.17, 15) is 4.79 Å². The van der Waals surface area contributed by atoms with Gasteiger partial charge in [0.15, 0.2) is 11.5 Å². The second-order valence-electron chi connectivity index (χ2n) is 4.84. The summed E-state index contributed by atoms with van der Waals surface area (Å²) in [5, 5.41) is 2.97. The van der Waals surface area contributed by atoms with Crippen LogP contribution in [0.25, 0.3) is 0 Å². The van der Waals surface area contributed by atoms with Crippen LogP contribution in [0.2, 0.25) is 0 Å². The topological polar surface area (TPSA) is 56.8 Å². The standard InChI is InChI=1S/C14H17NO4/c1-9(15-14(16)12-3-2-6-17-12)10-4-5-11-13(7-10)19-8-18-11/h4-5,7,9,12H,2-3,6,8H2,1H3,(H,15,16)/t9-,12+/m0/s1. The van der Waals surface area contributed by atoms with E-state index in [2.05, 4.69) is 5.32 Å². The van der Waals surface area contributed by atoms with Crippen molar-refractivity contribution in [2.24, 2.45) is 0 Å². The first-order chi connectivity index (χ1) is 9.24. The smallest absolute Gasteiger partial charge is 0.249 e. The first-order valence-corrected chi connectivity index (χ1v) is 6.55. The van der Waals surface area contributed by atoms with Gasteiger partial charge in [0, 0.05) is 6.61 Å². The van der Waals surface area contributed by atoms with Crippen LogP contribution in [-0.2, 0) is 9.53 Å². The monoisotopic (exact) mass is 263 g/mol. The van der Waals surface area contributed by atoms with Gasteiger partial charge in [-0.1, -0.05) is 6.07 Å². The number of amides is 1. The zero-order chi connectivity index (χ0) is 13.2. The van der Waals surface area contributed by atoms with Crippen molar-refractivity contribution in [2.45, 2.75) is 31.9 Å².